The number of benzene rings is 1. The van der Waals surface area contributed by atoms with Gasteiger partial charge in [0.1, 0.15) is 6.04 Å². The fourth-order valence-electron chi connectivity index (χ4n) is 3.29. The molecule has 0 bridgehead atoms. The molecule has 1 fully saturated rings. The molecule has 2 heterocycles. The molecule has 5 nitrogen and oxygen atoms in total. The zero-order valence-corrected chi connectivity index (χ0v) is 15.0. The van der Waals surface area contributed by atoms with E-state index in [2.05, 4.69) is 16.0 Å². The Balaban J connectivity index is 1.69. The predicted molar refractivity (Wildman–Crippen MR) is 97.7 cm³/mol. The maximum atomic E-state index is 11.9. The Kier molecular flexibility index (Phi) is 5.68. The molecule has 1 aliphatic rings. The zero-order valence-electron chi connectivity index (χ0n) is 14.2. The van der Waals surface area contributed by atoms with Gasteiger partial charge in [-0.05, 0) is 30.2 Å². The lowest BCUT2D eigenvalue weighted by Gasteiger charge is -2.38. The standard InChI is InChI=1S/C19H22ClN3O2/c1-14-4-5-17(20)16(11-14)18(19(24)25)23-9-7-22(8-10-23)13-15-3-2-6-21-12-15/h2-6,11-12,18H,7-10,13H2,1H3,(H,24,25). The number of halogens is 1. The van der Waals surface area contributed by atoms with Gasteiger partial charge in [-0.1, -0.05) is 35.4 Å². The van der Waals surface area contributed by atoms with Crippen molar-refractivity contribution in [3.63, 3.8) is 0 Å². The summed E-state index contributed by atoms with van der Waals surface area (Å²) in [6, 6.07) is 8.85. The molecule has 6 heteroatoms. The summed E-state index contributed by atoms with van der Waals surface area (Å²) < 4.78 is 0. The summed E-state index contributed by atoms with van der Waals surface area (Å²) in [7, 11) is 0. The molecule has 1 aliphatic heterocycles. The minimum absolute atomic E-state index is 0.510. The molecule has 1 aromatic heterocycles. The molecule has 0 aliphatic carbocycles. The first-order valence-electron chi connectivity index (χ1n) is 8.39. The van der Waals surface area contributed by atoms with Crippen LogP contribution in [-0.2, 0) is 11.3 Å². The molecule has 1 unspecified atom stereocenters. The van der Waals surface area contributed by atoms with Crippen LogP contribution in [0, 0.1) is 6.92 Å². The number of aryl methyl sites for hydroxylation is 1. The number of piperazine rings is 1. The van der Waals surface area contributed by atoms with E-state index in [0.29, 0.717) is 23.7 Å². The second-order valence-electron chi connectivity index (χ2n) is 6.44. The third-order valence-corrected chi connectivity index (χ3v) is 4.93. The lowest BCUT2D eigenvalue weighted by molar-refractivity contribution is -0.144. The number of hydrogen-bond donors (Lipinski definition) is 1. The third kappa shape index (κ3) is 4.37. The molecule has 25 heavy (non-hydrogen) atoms. The summed E-state index contributed by atoms with van der Waals surface area (Å²) in [6.45, 7) is 5.82. The zero-order chi connectivity index (χ0) is 17.8. The highest BCUT2D eigenvalue weighted by molar-refractivity contribution is 6.31. The van der Waals surface area contributed by atoms with Crippen LogP contribution in [0.15, 0.2) is 42.7 Å². The van der Waals surface area contributed by atoms with Crippen molar-refractivity contribution in [1.82, 2.24) is 14.8 Å². The summed E-state index contributed by atoms with van der Waals surface area (Å²) in [5, 5.41) is 10.3. The van der Waals surface area contributed by atoms with Crippen LogP contribution in [0.2, 0.25) is 5.02 Å². The Morgan fingerprint density at radius 1 is 1.28 bits per heavy atom. The summed E-state index contributed by atoms with van der Waals surface area (Å²) in [5.74, 6) is -0.854. The van der Waals surface area contributed by atoms with Gasteiger partial charge in [0.2, 0.25) is 0 Å². The van der Waals surface area contributed by atoms with E-state index in [1.165, 1.54) is 5.56 Å². The second-order valence-corrected chi connectivity index (χ2v) is 6.85. The van der Waals surface area contributed by atoms with Crippen LogP contribution in [-0.4, -0.2) is 52.0 Å². The lowest BCUT2D eigenvalue weighted by atomic mass is 10.0. The average Bonchev–Trinajstić information content (AvgIpc) is 2.60. The minimum atomic E-state index is -0.854. The summed E-state index contributed by atoms with van der Waals surface area (Å²) in [4.78, 5) is 20.4. The number of rotatable bonds is 5. The molecular formula is C19H22ClN3O2. The predicted octanol–water partition coefficient (Wildman–Crippen LogP) is 2.99. The largest absolute Gasteiger partial charge is 0.480 e. The molecule has 0 spiro atoms. The Bertz CT molecular complexity index is 731. The molecule has 1 N–H and O–H groups in total. The van der Waals surface area contributed by atoms with Crippen LogP contribution in [0.4, 0.5) is 0 Å². The molecular weight excluding hydrogens is 338 g/mol. The first kappa shape index (κ1) is 17.9. The Labute approximate surface area is 152 Å². The van der Waals surface area contributed by atoms with Gasteiger partial charge in [-0.25, -0.2) is 0 Å². The van der Waals surface area contributed by atoms with E-state index in [9.17, 15) is 9.90 Å². The molecule has 0 amide bonds. The van der Waals surface area contributed by atoms with E-state index in [4.69, 9.17) is 11.6 Å². The molecule has 1 aromatic carbocycles. The Morgan fingerprint density at radius 3 is 2.68 bits per heavy atom. The van der Waals surface area contributed by atoms with Crippen molar-refractivity contribution < 1.29 is 9.90 Å². The fraction of sp³-hybridized carbons (Fsp3) is 0.368. The van der Waals surface area contributed by atoms with Crippen LogP contribution >= 0.6 is 11.6 Å². The molecule has 2 aromatic rings. The summed E-state index contributed by atoms with van der Waals surface area (Å²) in [6.07, 6.45) is 3.64. The van der Waals surface area contributed by atoms with Crippen molar-refractivity contribution in [3.8, 4) is 0 Å². The van der Waals surface area contributed by atoms with Crippen LogP contribution in [0.5, 0.6) is 0 Å². The quantitative estimate of drug-likeness (QED) is 0.889. The topological polar surface area (TPSA) is 56.7 Å². The van der Waals surface area contributed by atoms with E-state index in [1.807, 2.05) is 36.2 Å². The van der Waals surface area contributed by atoms with Gasteiger partial charge in [-0.3, -0.25) is 19.6 Å². The monoisotopic (exact) mass is 359 g/mol. The van der Waals surface area contributed by atoms with Crippen molar-refractivity contribution in [2.24, 2.45) is 0 Å². The van der Waals surface area contributed by atoms with Gasteiger partial charge >= 0.3 is 5.97 Å². The number of aromatic nitrogens is 1. The van der Waals surface area contributed by atoms with Gasteiger partial charge in [0.15, 0.2) is 0 Å². The van der Waals surface area contributed by atoms with Crippen LogP contribution in [0.1, 0.15) is 22.7 Å². The Hall–Kier alpha value is -1.95. The third-order valence-electron chi connectivity index (χ3n) is 4.58. The van der Waals surface area contributed by atoms with Gasteiger partial charge < -0.3 is 5.11 Å². The maximum Gasteiger partial charge on any atom is 0.325 e. The molecule has 1 saturated heterocycles. The maximum absolute atomic E-state index is 11.9. The van der Waals surface area contributed by atoms with Crippen LogP contribution in [0.3, 0.4) is 0 Å². The van der Waals surface area contributed by atoms with Crippen LogP contribution in [0.25, 0.3) is 0 Å². The van der Waals surface area contributed by atoms with E-state index >= 15 is 0 Å². The normalized spacial score (nSPS) is 17.4. The number of pyridine rings is 1. The van der Waals surface area contributed by atoms with Crippen molar-refractivity contribution >= 4 is 17.6 Å². The number of hydrogen-bond acceptors (Lipinski definition) is 4. The van der Waals surface area contributed by atoms with E-state index in [1.54, 1.807) is 12.3 Å². The van der Waals surface area contributed by atoms with Gasteiger partial charge in [-0.2, -0.15) is 0 Å². The van der Waals surface area contributed by atoms with Gasteiger partial charge in [-0.15, -0.1) is 0 Å². The van der Waals surface area contributed by atoms with E-state index in [-0.39, 0.29) is 0 Å². The Morgan fingerprint density at radius 2 is 2.04 bits per heavy atom. The van der Waals surface area contributed by atoms with Gasteiger partial charge in [0, 0.05) is 50.1 Å². The smallest absolute Gasteiger partial charge is 0.325 e. The first-order valence-corrected chi connectivity index (χ1v) is 8.76. The fourth-order valence-corrected chi connectivity index (χ4v) is 3.51. The summed E-state index contributed by atoms with van der Waals surface area (Å²) >= 11 is 6.28. The number of nitrogens with zero attached hydrogens (tertiary/aromatic N) is 3. The highest BCUT2D eigenvalue weighted by atomic mass is 35.5. The molecule has 1 atom stereocenters. The van der Waals surface area contributed by atoms with Crippen molar-refractivity contribution in [2.75, 3.05) is 26.2 Å². The van der Waals surface area contributed by atoms with Gasteiger partial charge in [0.05, 0.1) is 0 Å². The van der Waals surface area contributed by atoms with Crippen molar-refractivity contribution in [3.05, 3.63) is 64.4 Å². The molecule has 132 valence electrons. The van der Waals surface area contributed by atoms with Crippen molar-refractivity contribution in [2.45, 2.75) is 19.5 Å². The second kappa shape index (κ2) is 7.95. The first-order chi connectivity index (χ1) is 12.0. The average molecular weight is 360 g/mol. The number of aliphatic carboxylic acids is 1. The number of carbonyl (C=O) groups is 1. The summed E-state index contributed by atoms with van der Waals surface area (Å²) in [5.41, 5.74) is 2.86. The molecule has 0 radical (unpaired) electrons. The highest BCUT2D eigenvalue weighted by Gasteiger charge is 2.31. The molecule has 3 rings (SSSR count). The van der Waals surface area contributed by atoms with E-state index < -0.39 is 12.0 Å². The number of carboxylic acids is 1. The lowest BCUT2D eigenvalue weighted by Crippen LogP contribution is -2.48. The SMILES string of the molecule is Cc1ccc(Cl)c(C(C(=O)O)N2CCN(Cc3cccnc3)CC2)c1. The van der Waals surface area contributed by atoms with Crippen LogP contribution < -0.4 is 0 Å². The molecule has 0 saturated carbocycles. The van der Waals surface area contributed by atoms with Gasteiger partial charge in [0.25, 0.3) is 0 Å². The van der Waals surface area contributed by atoms with E-state index in [0.717, 1.165) is 25.2 Å². The minimum Gasteiger partial charge on any atom is -0.480 e. The highest BCUT2D eigenvalue weighted by Crippen LogP contribution is 2.30. The van der Waals surface area contributed by atoms with Crippen molar-refractivity contribution in [1.29, 1.82) is 0 Å². The number of carboxylic acid groups (broad SMARTS) is 1.